The first-order valence-corrected chi connectivity index (χ1v) is 29.6. The molecule has 0 N–H and O–H groups in total. The molecule has 6 heteroatoms. The molecule has 0 saturated heterocycles. The Bertz CT molecular complexity index is 1370. The summed E-state index contributed by atoms with van der Waals surface area (Å²) in [7, 11) is -1.62. The van der Waals surface area contributed by atoms with Gasteiger partial charge >= 0.3 is 221 Å². The van der Waals surface area contributed by atoms with Crippen LogP contribution in [0.1, 0.15) is 29.5 Å². The van der Waals surface area contributed by atoms with Crippen molar-refractivity contribution in [1.29, 1.82) is 0 Å². The van der Waals surface area contributed by atoms with E-state index in [0.717, 1.165) is 6.61 Å². The molecule has 0 bridgehead atoms. The molecular weight excluding hydrogens is 619 g/mol. The molecule has 0 heterocycles. The van der Waals surface area contributed by atoms with Crippen LogP contribution in [0.3, 0.4) is 0 Å². The third-order valence-electron chi connectivity index (χ3n) is 8.75. The summed E-state index contributed by atoms with van der Waals surface area (Å²) >= 11 is -3.83. The number of fused-ring (bicyclic) bond motifs is 6. The molecule has 0 amide bonds. The largest absolute Gasteiger partial charge is 0.147 e. The normalized spacial score (nSPS) is 14.6. The zero-order valence-corrected chi connectivity index (χ0v) is 29.2. The van der Waals surface area contributed by atoms with Crippen molar-refractivity contribution in [2.24, 2.45) is 0 Å². The van der Waals surface area contributed by atoms with Crippen molar-refractivity contribution in [1.82, 2.24) is 0 Å². The van der Waals surface area contributed by atoms with Gasteiger partial charge < -0.3 is 0 Å². The van der Waals surface area contributed by atoms with E-state index in [1.54, 1.807) is 22.3 Å². The van der Waals surface area contributed by atoms with Crippen LogP contribution in [-0.4, -0.2) is 21.8 Å². The molecule has 0 radical (unpaired) electrons. The molecule has 38 heavy (non-hydrogen) atoms. The fourth-order valence-electron chi connectivity index (χ4n) is 7.28. The van der Waals surface area contributed by atoms with E-state index < -0.39 is 25.7 Å². The maximum Gasteiger partial charge on any atom is -0.147 e. The van der Waals surface area contributed by atoms with Crippen molar-refractivity contribution in [3.05, 3.63) is 119 Å². The molecule has 2 aliphatic carbocycles. The fraction of sp³-hybridized carbons (Fsp3) is 0.250. The van der Waals surface area contributed by atoms with Crippen LogP contribution >= 0.6 is 24.8 Å². The molecule has 0 aromatic heterocycles. The molecule has 198 valence electrons. The molecule has 0 fully saturated rings. The number of halogens is 2. The Labute approximate surface area is 243 Å². The van der Waals surface area contributed by atoms with E-state index in [9.17, 15) is 0 Å². The van der Waals surface area contributed by atoms with Crippen LogP contribution in [0.15, 0.2) is 97.1 Å². The summed E-state index contributed by atoms with van der Waals surface area (Å²) < 4.78 is 11.6. The molecule has 4 aromatic carbocycles. The van der Waals surface area contributed by atoms with Crippen molar-refractivity contribution < 1.29 is 21.8 Å². The Balaban J connectivity index is 0.00000168. The Morgan fingerprint density at radius 3 is 1.18 bits per heavy atom. The van der Waals surface area contributed by atoms with Crippen LogP contribution in [-0.2, 0) is 21.8 Å². The van der Waals surface area contributed by atoms with Gasteiger partial charge in [-0.25, -0.2) is 0 Å². The summed E-state index contributed by atoms with van der Waals surface area (Å²) in [4.78, 5) is 0. The van der Waals surface area contributed by atoms with Gasteiger partial charge in [0.25, 0.3) is 0 Å². The Kier molecular flexibility index (Phi) is 8.30. The summed E-state index contributed by atoms with van der Waals surface area (Å²) in [5.41, 5.74) is 12.0. The van der Waals surface area contributed by atoms with Gasteiger partial charge in [0.2, 0.25) is 0 Å². The van der Waals surface area contributed by atoms with Crippen LogP contribution < -0.4 is 0 Å². The van der Waals surface area contributed by atoms with E-state index >= 15 is 0 Å². The van der Waals surface area contributed by atoms with E-state index in [2.05, 4.69) is 128 Å². The summed E-state index contributed by atoms with van der Waals surface area (Å²) in [6.45, 7) is 10.3. The van der Waals surface area contributed by atoms with Gasteiger partial charge in [0.15, 0.2) is 0 Å². The van der Waals surface area contributed by atoms with Gasteiger partial charge in [-0.1, -0.05) is 0 Å². The van der Waals surface area contributed by atoms with E-state index in [0.29, 0.717) is 7.25 Å². The summed E-state index contributed by atoms with van der Waals surface area (Å²) in [5.74, 6) is 0. The predicted octanol–water partition coefficient (Wildman–Crippen LogP) is 8.93. The predicted molar refractivity (Wildman–Crippen MR) is 170 cm³/mol. The Morgan fingerprint density at radius 2 is 0.895 bits per heavy atom. The van der Waals surface area contributed by atoms with Crippen molar-refractivity contribution in [2.75, 3.05) is 6.61 Å². The minimum atomic E-state index is -3.83. The van der Waals surface area contributed by atoms with Gasteiger partial charge in [-0.3, -0.25) is 0 Å². The van der Waals surface area contributed by atoms with Gasteiger partial charge in [0, 0.05) is 0 Å². The van der Waals surface area contributed by atoms with Crippen LogP contribution in [0.2, 0.25) is 28.4 Å². The van der Waals surface area contributed by atoms with Crippen molar-refractivity contribution in [3.63, 3.8) is 0 Å². The van der Waals surface area contributed by atoms with E-state index in [-0.39, 0.29) is 24.8 Å². The maximum absolute atomic E-state index is 6.66. The molecule has 0 saturated carbocycles. The molecule has 0 unspecified atom stereocenters. The number of rotatable bonds is 6. The second-order valence-corrected chi connectivity index (χ2v) is 45.4. The van der Waals surface area contributed by atoms with Crippen molar-refractivity contribution in [2.45, 2.75) is 35.7 Å². The second-order valence-electron chi connectivity index (χ2n) is 12.4. The Morgan fingerprint density at radius 1 is 0.605 bits per heavy atom. The van der Waals surface area contributed by atoms with Crippen molar-refractivity contribution in [3.8, 4) is 22.3 Å². The van der Waals surface area contributed by atoms with Crippen LogP contribution in [0.25, 0.3) is 22.3 Å². The van der Waals surface area contributed by atoms with Gasteiger partial charge in [-0.15, -0.1) is 24.8 Å². The first-order valence-electron chi connectivity index (χ1n) is 13.2. The first kappa shape index (κ1) is 29.7. The number of hydrogen-bond donors (Lipinski definition) is 0. The van der Waals surface area contributed by atoms with E-state index in [1.807, 2.05) is 0 Å². The first-order chi connectivity index (χ1) is 17.2. The minimum absolute atomic E-state index is 0. The van der Waals surface area contributed by atoms with Crippen molar-refractivity contribution >= 4 is 40.0 Å². The minimum Gasteiger partial charge on any atom is -0.147 e. The second kappa shape index (κ2) is 10.6. The molecule has 4 aromatic rings. The zero-order valence-electron chi connectivity index (χ0n) is 22.7. The van der Waals surface area contributed by atoms with E-state index in [1.165, 1.54) is 26.4 Å². The number of hydrogen-bond acceptors (Lipinski definition) is 1. The third-order valence-corrected chi connectivity index (χ3v) is 32.3. The quantitative estimate of drug-likeness (QED) is 0.188. The van der Waals surface area contributed by atoms with E-state index in [4.69, 9.17) is 4.43 Å². The SMILES string of the molecule is C[Si](C)(C)OC[CH2][Zr]([CH3])(=[SiH2])([CH]1c2ccccc2-c2ccccc21)[CH]1c2ccccc2-c2ccccc21.Cl.Cl. The zero-order chi connectivity index (χ0) is 25.2. The molecular formula is C32H38Cl2OSi2Zr. The smallest absolute Gasteiger partial charge is 0.147 e. The molecule has 1 nitrogen and oxygen atoms in total. The molecule has 2 aliphatic rings. The fourth-order valence-corrected chi connectivity index (χ4v) is 30.1. The third kappa shape index (κ3) is 4.70. The molecule has 6 rings (SSSR count). The average Bonchev–Trinajstić information content (AvgIpc) is 3.38. The van der Waals surface area contributed by atoms with Crippen LogP contribution in [0.5, 0.6) is 0 Å². The molecule has 0 atom stereocenters. The number of benzene rings is 4. The van der Waals surface area contributed by atoms with Crippen LogP contribution in [0.4, 0.5) is 0 Å². The average molecular weight is 657 g/mol. The summed E-state index contributed by atoms with van der Waals surface area (Å²) in [6, 6.07) is 37.0. The van der Waals surface area contributed by atoms with Gasteiger partial charge in [0.1, 0.15) is 0 Å². The molecule has 0 aliphatic heterocycles. The van der Waals surface area contributed by atoms with Crippen LogP contribution in [0, 0.1) is 0 Å². The standard InChI is InChI=1S/2C13H9.C5H13OSi.CH3.2ClH.H2Si.Zr/c2*1-3-7-12-10(5-1)9-11-6-2-4-8-13(11)12;1-5-6-7(2,3)4;;;;;/h2*1-9H;1,5H2,2-4H3;1H3;2*1H;1H2;. The summed E-state index contributed by atoms with van der Waals surface area (Å²) in [5, 5.41) is 0. The van der Waals surface area contributed by atoms with Gasteiger partial charge in [-0.05, 0) is 0 Å². The Hall–Kier alpha value is -1.26. The van der Waals surface area contributed by atoms with Gasteiger partial charge in [-0.2, -0.15) is 0 Å². The summed E-state index contributed by atoms with van der Waals surface area (Å²) in [6.07, 6.45) is 0. The topological polar surface area (TPSA) is 9.23 Å². The molecule has 0 spiro atoms. The maximum atomic E-state index is 6.66. The van der Waals surface area contributed by atoms with Gasteiger partial charge in [0.05, 0.1) is 0 Å². The monoisotopic (exact) mass is 654 g/mol.